The summed E-state index contributed by atoms with van der Waals surface area (Å²) in [6, 6.07) is 0. The van der Waals surface area contributed by atoms with E-state index in [1.54, 1.807) is 0 Å². The molecule has 0 N–H and O–H groups in total. The zero-order valence-corrected chi connectivity index (χ0v) is 12.2. The maximum absolute atomic E-state index is 3.00. The van der Waals surface area contributed by atoms with Crippen LogP contribution in [0.1, 0.15) is 68.7 Å². The fraction of sp³-hybridized carbons (Fsp3) is 0.714. The maximum atomic E-state index is 3.00. The Morgan fingerprint density at radius 1 is 0.929 bits per heavy atom. The summed E-state index contributed by atoms with van der Waals surface area (Å²) >= 11 is 0. The molecule has 0 aromatic heterocycles. The number of rotatable bonds is 1. The van der Waals surface area contributed by atoms with Gasteiger partial charge in [0, 0.05) is 0 Å². The van der Waals surface area contributed by atoms with Crippen LogP contribution in [0.4, 0.5) is 0 Å². The third-order valence-electron chi connectivity index (χ3n) is 1.05. The Labute approximate surface area is 94.1 Å². The maximum Gasteiger partial charge on any atom is -0.0352 e. The molecule has 90 valence electrons. The quantitative estimate of drug-likeness (QED) is 0.441. The highest BCUT2D eigenvalue weighted by Crippen LogP contribution is 1.94. The van der Waals surface area contributed by atoms with Crippen LogP contribution in [0.5, 0.6) is 0 Å². The molecule has 14 heavy (non-hydrogen) atoms. The van der Waals surface area contributed by atoms with Gasteiger partial charge in [0.15, 0.2) is 0 Å². The van der Waals surface area contributed by atoms with Crippen molar-refractivity contribution in [2.24, 2.45) is 0 Å². The van der Waals surface area contributed by atoms with E-state index in [1.807, 2.05) is 41.5 Å². The normalized spacial score (nSPS) is 6.79. The van der Waals surface area contributed by atoms with Gasteiger partial charge in [-0.1, -0.05) is 60.1 Å². The van der Waals surface area contributed by atoms with Gasteiger partial charge in [-0.15, -0.1) is 13.2 Å². The highest BCUT2D eigenvalue weighted by molar-refractivity contribution is 4.93. The highest BCUT2D eigenvalue weighted by atomic mass is 13.8. The van der Waals surface area contributed by atoms with Crippen LogP contribution in [0.15, 0.2) is 24.8 Å². The molecule has 0 aromatic rings. The minimum absolute atomic E-state index is 1.19. The van der Waals surface area contributed by atoms with Gasteiger partial charge in [0.2, 0.25) is 0 Å². The predicted molar refractivity (Wildman–Crippen MR) is 75.0 cm³/mol. The third kappa shape index (κ3) is 104. The van der Waals surface area contributed by atoms with Gasteiger partial charge < -0.3 is 0 Å². The Morgan fingerprint density at radius 3 is 1.14 bits per heavy atom. The first-order chi connectivity index (χ1) is 6.81. The molecule has 0 spiro atoms. The van der Waals surface area contributed by atoms with Crippen molar-refractivity contribution in [3.63, 3.8) is 0 Å². The van der Waals surface area contributed by atoms with Gasteiger partial charge in [-0.05, 0) is 20.3 Å². The van der Waals surface area contributed by atoms with Gasteiger partial charge in [0.25, 0.3) is 0 Å². The molecule has 0 aliphatic heterocycles. The molecule has 0 saturated heterocycles. The topological polar surface area (TPSA) is 0 Å². The minimum Gasteiger partial charge on any atom is -0.106 e. The lowest BCUT2D eigenvalue weighted by Crippen LogP contribution is -1.63. The zero-order valence-electron chi connectivity index (χ0n) is 12.2. The predicted octanol–water partition coefficient (Wildman–Crippen LogP) is 6.24. The van der Waals surface area contributed by atoms with Crippen molar-refractivity contribution in [1.29, 1.82) is 0 Å². The van der Waals surface area contributed by atoms with E-state index in [2.05, 4.69) is 40.0 Å². The molecule has 0 rings (SSSR count). The summed E-state index contributed by atoms with van der Waals surface area (Å²) in [6.07, 6.45) is 3.33. The summed E-state index contributed by atoms with van der Waals surface area (Å²) in [6.45, 7) is 24.4. The van der Waals surface area contributed by atoms with Crippen molar-refractivity contribution in [1.82, 2.24) is 0 Å². The van der Waals surface area contributed by atoms with Gasteiger partial charge in [0.1, 0.15) is 0 Å². The molecule has 0 unspecified atom stereocenters. The number of hydrogen-bond donors (Lipinski definition) is 0. The van der Waals surface area contributed by atoms with Crippen molar-refractivity contribution in [2.45, 2.75) is 68.7 Å². The molecule has 0 saturated carbocycles. The van der Waals surface area contributed by atoms with Gasteiger partial charge in [-0.3, -0.25) is 0 Å². The van der Waals surface area contributed by atoms with Crippen LogP contribution in [-0.2, 0) is 0 Å². The SMILES string of the molecule is C/C=C(/C)CC.C=C.CC.CC.CC. The standard InChI is InChI=1S/C6H12.3C2H6.C2H4/c1-4-6(3)5-2;4*1-2/h4H,5H2,1-3H3;3*1-2H3;1-2H2/b6-4-;;;;. The van der Waals surface area contributed by atoms with Gasteiger partial charge in [-0.2, -0.15) is 0 Å². The summed E-state index contributed by atoms with van der Waals surface area (Å²) in [7, 11) is 0. The molecule has 0 aromatic carbocycles. The van der Waals surface area contributed by atoms with Crippen LogP contribution in [0.25, 0.3) is 0 Å². The first-order valence-corrected chi connectivity index (χ1v) is 5.93. The Bertz CT molecular complexity index is 60.4. The monoisotopic (exact) mass is 202 g/mol. The second kappa shape index (κ2) is 81.9. The van der Waals surface area contributed by atoms with Crippen LogP contribution in [-0.4, -0.2) is 0 Å². The van der Waals surface area contributed by atoms with Crippen LogP contribution >= 0.6 is 0 Å². The van der Waals surface area contributed by atoms with E-state index in [1.165, 1.54) is 12.0 Å². The van der Waals surface area contributed by atoms with Crippen LogP contribution in [0, 0.1) is 0 Å². The Balaban J connectivity index is -0.0000000287. The van der Waals surface area contributed by atoms with Gasteiger partial charge in [-0.25, -0.2) is 0 Å². The van der Waals surface area contributed by atoms with Crippen molar-refractivity contribution in [2.75, 3.05) is 0 Å². The Morgan fingerprint density at radius 2 is 1.14 bits per heavy atom. The zero-order chi connectivity index (χ0) is 13.0. The molecule has 0 aliphatic rings. The molecule has 0 heterocycles. The van der Waals surface area contributed by atoms with E-state index in [0.29, 0.717) is 0 Å². The molecule has 0 fully saturated rings. The molecule has 0 aliphatic carbocycles. The summed E-state index contributed by atoms with van der Waals surface area (Å²) < 4.78 is 0. The minimum atomic E-state index is 1.19. The smallest absolute Gasteiger partial charge is 0.0352 e. The first-order valence-electron chi connectivity index (χ1n) is 5.93. The first kappa shape index (κ1) is 29.2. The molecular formula is C14H34. The van der Waals surface area contributed by atoms with E-state index in [0.717, 1.165) is 0 Å². The molecular weight excluding hydrogens is 168 g/mol. The molecule has 0 radical (unpaired) electrons. The van der Waals surface area contributed by atoms with Crippen LogP contribution < -0.4 is 0 Å². The molecule has 0 atom stereocenters. The lowest BCUT2D eigenvalue weighted by Gasteiger charge is -1.85. The third-order valence-corrected chi connectivity index (χ3v) is 1.05. The molecule has 0 nitrogen and oxygen atoms in total. The van der Waals surface area contributed by atoms with E-state index in [9.17, 15) is 0 Å². The summed E-state index contributed by atoms with van der Waals surface area (Å²) in [5, 5.41) is 0. The molecule has 0 heteroatoms. The van der Waals surface area contributed by atoms with Crippen LogP contribution in [0.3, 0.4) is 0 Å². The summed E-state index contributed by atoms with van der Waals surface area (Å²) in [5.74, 6) is 0. The molecule has 0 bridgehead atoms. The van der Waals surface area contributed by atoms with E-state index < -0.39 is 0 Å². The van der Waals surface area contributed by atoms with E-state index >= 15 is 0 Å². The van der Waals surface area contributed by atoms with Crippen LogP contribution in [0.2, 0.25) is 0 Å². The molecule has 0 amide bonds. The summed E-state index contributed by atoms with van der Waals surface area (Å²) in [5.41, 5.74) is 1.47. The lowest BCUT2D eigenvalue weighted by atomic mass is 10.2. The average molecular weight is 202 g/mol. The lowest BCUT2D eigenvalue weighted by molar-refractivity contribution is 1.09. The van der Waals surface area contributed by atoms with Crippen molar-refractivity contribution < 1.29 is 0 Å². The highest BCUT2D eigenvalue weighted by Gasteiger charge is 1.73. The van der Waals surface area contributed by atoms with Gasteiger partial charge in [0.05, 0.1) is 0 Å². The fourth-order valence-corrected chi connectivity index (χ4v) is 0.204. The number of allylic oxidation sites excluding steroid dienone is 2. The Hall–Kier alpha value is -0.520. The summed E-state index contributed by atoms with van der Waals surface area (Å²) in [4.78, 5) is 0. The van der Waals surface area contributed by atoms with E-state index in [4.69, 9.17) is 0 Å². The van der Waals surface area contributed by atoms with Crippen molar-refractivity contribution >= 4 is 0 Å². The largest absolute Gasteiger partial charge is 0.106 e. The second-order valence-electron chi connectivity index (χ2n) is 1.49. The average Bonchev–Trinajstić information content (AvgIpc) is 2.38. The second-order valence-corrected chi connectivity index (χ2v) is 1.49. The fourth-order valence-electron chi connectivity index (χ4n) is 0.204. The van der Waals surface area contributed by atoms with E-state index in [-0.39, 0.29) is 0 Å². The van der Waals surface area contributed by atoms with Crippen molar-refractivity contribution in [3.8, 4) is 0 Å². The van der Waals surface area contributed by atoms with Gasteiger partial charge >= 0.3 is 0 Å². The number of hydrogen-bond acceptors (Lipinski definition) is 0. The Kier molecular flexibility index (Phi) is 171. The van der Waals surface area contributed by atoms with Crippen molar-refractivity contribution in [3.05, 3.63) is 24.8 Å².